The van der Waals surface area contributed by atoms with Gasteiger partial charge in [0.05, 0.1) is 0 Å². The first-order chi connectivity index (χ1) is 8.65. The maximum Gasteiger partial charge on any atom is 0.488 e. The number of ether oxygens (including phenoxy) is 1. The SMILES string of the molecule is OB(O)c1cc(F)cc(OCc2cccnc2)c1. The van der Waals surface area contributed by atoms with E-state index in [0.717, 1.165) is 11.6 Å². The van der Waals surface area contributed by atoms with Gasteiger partial charge in [-0.05, 0) is 23.7 Å². The average Bonchev–Trinajstić information content (AvgIpc) is 2.37. The normalized spacial score (nSPS) is 10.2. The number of rotatable bonds is 4. The molecule has 0 aliphatic heterocycles. The summed E-state index contributed by atoms with van der Waals surface area (Å²) in [5.41, 5.74) is 0.893. The summed E-state index contributed by atoms with van der Waals surface area (Å²) in [5, 5.41) is 18.0. The molecular formula is C12H11BFNO3. The number of hydrogen-bond acceptors (Lipinski definition) is 4. The van der Waals surface area contributed by atoms with E-state index in [4.69, 9.17) is 14.8 Å². The molecule has 18 heavy (non-hydrogen) atoms. The highest BCUT2D eigenvalue weighted by molar-refractivity contribution is 6.58. The lowest BCUT2D eigenvalue weighted by Gasteiger charge is -2.08. The molecule has 4 nitrogen and oxygen atoms in total. The lowest BCUT2D eigenvalue weighted by Crippen LogP contribution is -2.30. The van der Waals surface area contributed by atoms with Crippen LogP contribution in [0.3, 0.4) is 0 Å². The van der Waals surface area contributed by atoms with Crippen LogP contribution in [0.5, 0.6) is 5.75 Å². The molecule has 1 aromatic carbocycles. The van der Waals surface area contributed by atoms with E-state index in [-0.39, 0.29) is 17.8 Å². The summed E-state index contributed by atoms with van der Waals surface area (Å²) in [5.74, 6) is -0.344. The lowest BCUT2D eigenvalue weighted by atomic mass is 9.80. The predicted molar refractivity (Wildman–Crippen MR) is 64.8 cm³/mol. The van der Waals surface area contributed by atoms with E-state index in [1.807, 2.05) is 6.07 Å². The maximum atomic E-state index is 13.2. The molecule has 0 atom stereocenters. The van der Waals surface area contributed by atoms with Gasteiger partial charge in [-0.1, -0.05) is 6.07 Å². The van der Waals surface area contributed by atoms with Crippen LogP contribution < -0.4 is 10.2 Å². The maximum absolute atomic E-state index is 13.2. The van der Waals surface area contributed by atoms with E-state index in [1.165, 1.54) is 12.1 Å². The van der Waals surface area contributed by atoms with Crippen molar-refractivity contribution in [1.82, 2.24) is 4.98 Å². The van der Waals surface area contributed by atoms with Crippen LogP contribution in [0.2, 0.25) is 0 Å². The van der Waals surface area contributed by atoms with Gasteiger partial charge in [-0.2, -0.15) is 0 Å². The Bertz CT molecular complexity index is 522. The van der Waals surface area contributed by atoms with Crippen LogP contribution in [-0.2, 0) is 6.61 Å². The molecule has 0 aliphatic rings. The van der Waals surface area contributed by atoms with Crippen molar-refractivity contribution in [2.24, 2.45) is 0 Å². The first kappa shape index (κ1) is 12.5. The Morgan fingerprint density at radius 3 is 2.78 bits per heavy atom. The highest BCUT2D eigenvalue weighted by atomic mass is 19.1. The molecular weight excluding hydrogens is 236 g/mol. The molecule has 0 bridgehead atoms. The van der Waals surface area contributed by atoms with E-state index in [1.54, 1.807) is 18.5 Å². The number of pyridine rings is 1. The molecule has 0 amide bonds. The van der Waals surface area contributed by atoms with Crippen LogP contribution in [0.25, 0.3) is 0 Å². The van der Waals surface area contributed by atoms with Crippen LogP contribution in [0.4, 0.5) is 4.39 Å². The third kappa shape index (κ3) is 3.29. The molecule has 0 radical (unpaired) electrons. The largest absolute Gasteiger partial charge is 0.489 e. The van der Waals surface area contributed by atoms with Crippen LogP contribution in [-0.4, -0.2) is 22.2 Å². The van der Waals surface area contributed by atoms with Crippen molar-refractivity contribution in [2.75, 3.05) is 0 Å². The predicted octanol–water partition coefficient (Wildman–Crippen LogP) is 0.479. The minimum absolute atomic E-state index is 0.0520. The van der Waals surface area contributed by atoms with Crippen molar-refractivity contribution >= 4 is 12.6 Å². The lowest BCUT2D eigenvalue weighted by molar-refractivity contribution is 0.304. The van der Waals surface area contributed by atoms with E-state index in [2.05, 4.69) is 4.98 Å². The Morgan fingerprint density at radius 1 is 1.28 bits per heavy atom. The molecule has 0 unspecified atom stereocenters. The fraction of sp³-hybridized carbons (Fsp3) is 0.0833. The third-order valence-electron chi connectivity index (χ3n) is 2.32. The van der Waals surface area contributed by atoms with Gasteiger partial charge >= 0.3 is 7.12 Å². The van der Waals surface area contributed by atoms with Crippen LogP contribution in [0, 0.1) is 5.82 Å². The standard InChI is InChI=1S/C12H11BFNO3/c14-11-4-10(13(16)17)5-12(6-11)18-8-9-2-1-3-15-7-9/h1-7,16-17H,8H2. The van der Waals surface area contributed by atoms with E-state index >= 15 is 0 Å². The highest BCUT2D eigenvalue weighted by Crippen LogP contribution is 2.13. The third-order valence-corrected chi connectivity index (χ3v) is 2.32. The van der Waals surface area contributed by atoms with Gasteiger partial charge in [0.25, 0.3) is 0 Å². The summed E-state index contributed by atoms with van der Waals surface area (Å²) in [6, 6.07) is 7.20. The first-order valence-electron chi connectivity index (χ1n) is 5.33. The summed E-state index contributed by atoms with van der Waals surface area (Å²) in [6.45, 7) is 0.234. The fourth-order valence-electron chi connectivity index (χ4n) is 1.47. The number of aromatic nitrogens is 1. The first-order valence-corrected chi connectivity index (χ1v) is 5.33. The molecule has 1 heterocycles. The summed E-state index contributed by atoms with van der Waals surface area (Å²) >= 11 is 0. The van der Waals surface area contributed by atoms with Gasteiger partial charge in [-0.3, -0.25) is 4.98 Å². The Balaban J connectivity index is 2.10. The zero-order valence-corrected chi connectivity index (χ0v) is 9.45. The second-order valence-corrected chi connectivity index (χ2v) is 3.74. The molecule has 2 rings (SSSR count). The molecule has 0 aliphatic carbocycles. The molecule has 0 saturated carbocycles. The van der Waals surface area contributed by atoms with Crippen LogP contribution in [0.1, 0.15) is 5.56 Å². The Morgan fingerprint density at radius 2 is 2.11 bits per heavy atom. The topological polar surface area (TPSA) is 62.6 Å². The van der Waals surface area contributed by atoms with Gasteiger partial charge in [0, 0.05) is 24.0 Å². The molecule has 1 aromatic heterocycles. The molecule has 0 saturated heterocycles. The van der Waals surface area contributed by atoms with Gasteiger partial charge in [0.2, 0.25) is 0 Å². The van der Waals surface area contributed by atoms with Gasteiger partial charge in [-0.15, -0.1) is 0 Å². The quantitative estimate of drug-likeness (QED) is 0.771. The fourth-order valence-corrected chi connectivity index (χ4v) is 1.47. The number of benzene rings is 1. The number of nitrogens with zero attached hydrogens (tertiary/aromatic N) is 1. The van der Waals surface area contributed by atoms with Gasteiger partial charge in [-0.25, -0.2) is 4.39 Å². The molecule has 2 aromatic rings. The van der Waals surface area contributed by atoms with Crippen molar-refractivity contribution in [3.05, 3.63) is 54.1 Å². The van der Waals surface area contributed by atoms with Crippen molar-refractivity contribution < 1.29 is 19.2 Å². The monoisotopic (exact) mass is 247 g/mol. The summed E-state index contributed by atoms with van der Waals surface area (Å²) < 4.78 is 18.6. The smallest absolute Gasteiger partial charge is 0.488 e. The van der Waals surface area contributed by atoms with E-state index in [9.17, 15) is 4.39 Å². The van der Waals surface area contributed by atoms with E-state index in [0.29, 0.717) is 0 Å². The van der Waals surface area contributed by atoms with E-state index < -0.39 is 12.9 Å². The van der Waals surface area contributed by atoms with Crippen molar-refractivity contribution in [1.29, 1.82) is 0 Å². The minimum atomic E-state index is -1.72. The second-order valence-electron chi connectivity index (χ2n) is 3.74. The summed E-state index contributed by atoms with van der Waals surface area (Å²) in [7, 11) is -1.72. The zero-order valence-electron chi connectivity index (χ0n) is 9.45. The van der Waals surface area contributed by atoms with Gasteiger partial charge in [0.1, 0.15) is 18.2 Å². The number of hydrogen-bond donors (Lipinski definition) is 2. The second kappa shape index (κ2) is 5.62. The summed E-state index contributed by atoms with van der Waals surface area (Å²) in [6.07, 6.45) is 3.28. The van der Waals surface area contributed by atoms with Crippen molar-refractivity contribution in [3.8, 4) is 5.75 Å². The molecule has 6 heteroatoms. The van der Waals surface area contributed by atoms with Gasteiger partial charge < -0.3 is 14.8 Å². The summed E-state index contributed by atoms with van der Waals surface area (Å²) in [4.78, 5) is 3.93. The molecule has 0 spiro atoms. The zero-order chi connectivity index (χ0) is 13.0. The minimum Gasteiger partial charge on any atom is -0.489 e. The highest BCUT2D eigenvalue weighted by Gasteiger charge is 2.13. The van der Waals surface area contributed by atoms with Crippen molar-refractivity contribution in [3.63, 3.8) is 0 Å². The van der Waals surface area contributed by atoms with Crippen LogP contribution >= 0.6 is 0 Å². The molecule has 2 N–H and O–H groups in total. The Labute approximate surface area is 104 Å². The molecule has 0 fully saturated rings. The molecule has 92 valence electrons. The average molecular weight is 247 g/mol. The van der Waals surface area contributed by atoms with Crippen LogP contribution in [0.15, 0.2) is 42.7 Å². The van der Waals surface area contributed by atoms with Crippen molar-refractivity contribution in [2.45, 2.75) is 6.61 Å². The Kier molecular flexibility index (Phi) is 3.91. The number of halogens is 1. The van der Waals surface area contributed by atoms with Gasteiger partial charge in [0.15, 0.2) is 0 Å². The Hall–Kier alpha value is -1.92.